The van der Waals surface area contributed by atoms with E-state index in [-0.39, 0.29) is 0 Å². The van der Waals surface area contributed by atoms with Crippen LogP contribution in [0.4, 0.5) is 5.69 Å². The molecule has 7 nitrogen and oxygen atoms in total. The van der Waals surface area contributed by atoms with Gasteiger partial charge in [0.05, 0.1) is 17.6 Å². The van der Waals surface area contributed by atoms with Crippen molar-refractivity contribution in [2.24, 2.45) is 7.05 Å². The number of hydrogen-bond donors (Lipinski definition) is 2. The minimum absolute atomic E-state index is 0.558. The SMILES string of the molecule is Cn1ccc2ccc(-c3cc(NCc4nnc[nH]4)cc4nccnc34)cc21. The lowest BCUT2D eigenvalue weighted by molar-refractivity contribution is 0.955. The van der Waals surface area contributed by atoms with Gasteiger partial charge in [0.25, 0.3) is 0 Å². The van der Waals surface area contributed by atoms with Crippen molar-refractivity contribution in [1.29, 1.82) is 0 Å². The molecular formula is C20H17N7. The highest BCUT2D eigenvalue weighted by Gasteiger charge is 2.10. The zero-order valence-electron chi connectivity index (χ0n) is 14.7. The molecule has 0 bridgehead atoms. The number of rotatable bonds is 4. The van der Waals surface area contributed by atoms with E-state index in [0.29, 0.717) is 6.54 Å². The van der Waals surface area contributed by atoms with Gasteiger partial charge in [0.2, 0.25) is 0 Å². The van der Waals surface area contributed by atoms with E-state index < -0.39 is 0 Å². The van der Waals surface area contributed by atoms with Crippen molar-refractivity contribution >= 4 is 27.6 Å². The summed E-state index contributed by atoms with van der Waals surface area (Å²) in [6, 6.07) is 12.7. The Morgan fingerprint density at radius 3 is 2.89 bits per heavy atom. The summed E-state index contributed by atoms with van der Waals surface area (Å²) < 4.78 is 2.12. The molecule has 0 saturated carbocycles. The fourth-order valence-electron chi connectivity index (χ4n) is 3.33. The van der Waals surface area contributed by atoms with Crippen LogP contribution in [0.5, 0.6) is 0 Å². The van der Waals surface area contributed by atoms with E-state index in [2.05, 4.69) is 78.6 Å². The predicted octanol–water partition coefficient (Wildman–Crippen LogP) is 3.52. The fraction of sp³-hybridized carbons (Fsp3) is 0.100. The minimum atomic E-state index is 0.558. The number of H-pyrrole nitrogens is 1. The van der Waals surface area contributed by atoms with E-state index in [1.165, 1.54) is 10.9 Å². The average molecular weight is 355 g/mol. The van der Waals surface area contributed by atoms with Crippen LogP contribution in [0.2, 0.25) is 0 Å². The van der Waals surface area contributed by atoms with Gasteiger partial charge in [-0.15, -0.1) is 10.2 Å². The van der Waals surface area contributed by atoms with Gasteiger partial charge >= 0.3 is 0 Å². The molecule has 0 aliphatic carbocycles. The molecule has 0 aliphatic rings. The largest absolute Gasteiger partial charge is 0.378 e. The highest BCUT2D eigenvalue weighted by atomic mass is 15.2. The second-order valence-corrected chi connectivity index (χ2v) is 6.44. The number of aromatic nitrogens is 6. The number of anilines is 1. The summed E-state index contributed by atoms with van der Waals surface area (Å²) in [5, 5.41) is 12.4. The molecule has 2 N–H and O–H groups in total. The molecule has 132 valence electrons. The van der Waals surface area contributed by atoms with Crippen LogP contribution in [-0.2, 0) is 13.6 Å². The van der Waals surface area contributed by atoms with E-state index >= 15 is 0 Å². The Morgan fingerprint density at radius 2 is 2.00 bits per heavy atom. The summed E-state index contributed by atoms with van der Waals surface area (Å²) in [7, 11) is 2.05. The molecule has 0 unspecified atom stereocenters. The van der Waals surface area contributed by atoms with Crippen LogP contribution in [0, 0.1) is 0 Å². The van der Waals surface area contributed by atoms with Crippen LogP contribution < -0.4 is 5.32 Å². The highest BCUT2D eigenvalue weighted by Crippen LogP contribution is 2.32. The first-order valence-corrected chi connectivity index (χ1v) is 8.67. The molecule has 0 saturated heterocycles. The highest BCUT2D eigenvalue weighted by molar-refractivity contribution is 5.97. The van der Waals surface area contributed by atoms with E-state index in [1.807, 2.05) is 6.07 Å². The van der Waals surface area contributed by atoms with E-state index in [1.54, 1.807) is 18.7 Å². The summed E-state index contributed by atoms with van der Waals surface area (Å²) >= 11 is 0. The van der Waals surface area contributed by atoms with Gasteiger partial charge in [0, 0.05) is 42.4 Å². The molecule has 0 aliphatic heterocycles. The number of aryl methyl sites for hydroxylation is 1. The van der Waals surface area contributed by atoms with Gasteiger partial charge in [-0.05, 0) is 35.2 Å². The molecule has 5 aromatic rings. The molecule has 0 amide bonds. The molecule has 7 heteroatoms. The summed E-state index contributed by atoms with van der Waals surface area (Å²) in [6.07, 6.45) is 7.09. The summed E-state index contributed by atoms with van der Waals surface area (Å²) in [5.74, 6) is 0.779. The van der Waals surface area contributed by atoms with Gasteiger partial charge < -0.3 is 14.9 Å². The Kier molecular flexibility index (Phi) is 3.57. The van der Waals surface area contributed by atoms with E-state index in [0.717, 1.165) is 33.7 Å². The van der Waals surface area contributed by atoms with Gasteiger partial charge in [0.1, 0.15) is 12.2 Å². The van der Waals surface area contributed by atoms with Crippen LogP contribution >= 0.6 is 0 Å². The lowest BCUT2D eigenvalue weighted by Crippen LogP contribution is -2.02. The first-order chi connectivity index (χ1) is 13.3. The number of aromatic amines is 1. The van der Waals surface area contributed by atoms with Crippen LogP contribution in [0.25, 0.3) is 33.1 Å². The third-order valence-electron chi connectivity index (χ3n) is 4.70. The summed E-state index contributed by atoms with van der Waals surface area (Å²) in [4.78, 5) is 12.1. The second-order valence-electron chi connectivity index (χ2n) is 6.44. The molecule has 27 heavy (non-hydrogen) atoms. The maximum atomic E-state index is 4.57. The van der Waals surface area contributed by atoms with Gasteiger partial charge in [-0.2, -0.15) is 0 Å². The lowest BCUT2D eigenvalue weighted by atomic mass is 10.0. The van der Waals surface area contributed by atoms with Crippen molar-refractivity contribution in [3.05, 3.63) is 67.1 Å². The van der Waals surface area contributed by atoms with Crippen LogP contribution in [0.1, 0.15) is 5.82 Å². The van der Waals surface area contributed by atoms with Crippen LogP contribution in [-0.4, -0.2) is 29.7 Å². The zero-order valence-corrected chi connectivity index (χ0v) is 14.7. The summed E-state index contributed by atoms with van der Waals surface area (Å²) in [5.41, 5.74) is 6.03. The Morgan fingerprint density at radius 1 is 1.07 bits per heavy atom. The Labute approximate surface area is 155 Å². The maximum absolute atomic E-state index is 4.57. The van der Waals surface area contributed by atoms with E-state index in [4.69, 9.17) is 0 Å². The standard InChI is InChI=1S/C20H17N7/c1-27-7-4-13-2-3-14(8-18(13)27)16-9-15(23-11-19-24-12-25-26-19)10-17-20(16)22-6-5-21-17/h2-10,12,23H,11H2,1H3,(H,24,25,26). The number of hydrogen-bond acceptors (Lipinski definition) is 5. The molecule has 3 aromatic heterocycles. The zero-order chi connectivity index (χ0) is 18.2. The lowest BCUT2D eigenvalue weighted by Gasteiger charge is -2.11. The molecule has 3 heterocycles. The Balaban J connectivity index is 1.63. The number of nitrogens with zero attached hydrogens (tertiary/aromatic N) is 5. The molecule has 0 fully saturated rings. The van der Waals surface area contributed by atoms with Gasteiger partial charge in [0.15, 0.2) is 0 Å². The van der Waals surface area contributed by atoms with Crippen LogP contribution in [0.3, 0.4) is 0 Å². The topological polar surface area (TPSA) is 84.3 Å². The average Bonchev–Trinajstić information content (AvgIpc) is 3.35. The van der Waals surface area contributed by atoms with Gasteiger partial charge in [-0.25, -0.2) is 0 Å². The van der Waals surface area contributed by atoms with Crippen molar-refractivity contribution in [3.63, 3.8) is 0 Å². The fourth-order valence-corrected chi connectivity index (χ4v) is 3.33. The molecule has 0 spiro atoms. The predicted molar refractivity (Wildman–Crippen MR) is 105 cm³/mol. The van der Waals surface area contributed by atoms with Gasteiger partial charge in [-0.3, -0.25) is 9.97 Å². The number of fused-ring (bicyclic) bond motifs is 2. The normalized spacial score (nSPS) is 11.3. The van der Waals surface area contributed by atoms with Crippen LogP contribution in [0.15, 0.2) is 61.3 Å². The van der Waals surface area contributed by atoms with Crippen molar-refractivity contribution in [1.82, 2.24) is 29.7 Å². The first-order valence-electron chi connectivity index (χ1n) is 8.67. The van der Waals surface area contributed by atoms with Gasteiger partial charge in [-0.1, -0.05) is 12.1 Å². The molecule has 0 atom stereocenters. The quantitative estimate of drug-likeness (QED) is 0.515. The number of nitrogens with one attached hydrogen (secondary N) is 2. The third kappa shape index (κ3) is 2.79. The molecule has 0 radical (unpaired) electrons. The number of benzene rings is 2. The van der Waals surface area contributed by atoms with E-state index in [9.17, 15) is 0 Å². The minimum Gasteiger partial charge on any atom is -0.378 e. The Hall–Kier alpha value is -3.74. The Bertz CT molecular complexity index is 1240. The maximum Gasteiger partial charge on any atom is 0.149 e. The molecular weight excluding hydrogens is 338 g/mol. The van der Waals surface area contributed by atoms with Crippen molar-refractivity contribution in [2.75, 3.05) is 5.32 Å². The summed E-state index contributed by atoms with van der Waals surface area (Å²) in [6.45, 7) is 0.558. The van der Waals surface area contributed by atoms with Crippen molar-refractivity contribution < 1.29 is 0 Å². The van der Waals surface area contributed by atoms with Crippen molar-refractivity contribution in [2.45, 2.75) is 6.54 Å². The first kappa shape index (κ1) is 15.5. The third-order valence-corrected chi connectivity index (χ3v) is 4.70. The molecule has 2 aromatic carbocycles. The second kappa shape index (κ2) is 6.21. The monoisotopic (exact) mass is 355 g/mol. The molecule has 5 rings (SSSR count). The smallest absolute Gasteiger partial charge is 0.149 e. The van der Waals surface area contributed by atoms with Crippen molar-refractivity contribution in [3.8, 4) is 11.1 Å².